The highest BCUT2D eigenvalue weighted by Gasteiger charge is 2.46. The number of carbonyl (C=O) groups is 1. The van der Waals surface area contributed by atoms with Gasteiger partial charge in [-0.05, 0) is 36.0 Å². The molecule has 1 saturated carbocycles. The van der Waals surface area contributed by atoms with Crippen LogP contribution in [-0.2, 0) is 6.98 Å². The highest BCUT2D eigenvalue weighted by atomic mass is 19.3. The number of fused-ring (bicyclic) bond motifs is 4. The first-order valence-electron chi connectivity index (χ1n) is 12.1. The zero-order valence-electron chi connectivity index (χ0n) is 20.0. The van der Waals surface area contributed by atoms with Gasteiger partial charge in [0.2, 0.25) is 0 Å². The molecule has 6 rings (SSSR count). The van der Waals surface area contributed by atoms with E-state index in [0.29, 0.717) is 34.2 Å². The molecule has 3 aliphatic rings. The predicted octanol–water partition coefficient (Wildman–Crippen LogP) is 2.55. The molecule has 1 aliphatic carbocycles. The Kier molecular flexibility index (Phi) is 3.37. The average Bonchev–Trinajstić information content (AvgIpc) is 3.52. The van der Waals surface area contributed by atoms with Crippen molar-refractivity contribution in [1.82, 2.24) is 24.1 Å². The van der Waals surface area contributed by atoms with Crippen molar-refractivity contribution >= 4 is 23.1 Å². The maximum atomic E-state index is 13.5. The van der Waals surface area contributed by atoms with Gasteiger partial charge in [-0.2, -0.15) is 5.10 Å². The van der Waals surface area contributed by atoms with Gasteiger partial charge in [-0.15, -0.1) is 0 Å². The lowest BCUT2D eigenvalue weighted by Gasteiger charge is -2.33. The lowest BCUT2D eigenvalue weighted by Crippen LogP contribution is -2.42. The predicted molar refractivity (Wildman–Crippen MR) is 113 cm³/mol. The Hall–Kier alpha value is -3.30. The Morgan fingerprint density at radius 2 is 2.09 bits per heavy atom. The molecular weight excluding hydrogens is 418 g/mol. The number of pyridine rings is 2. The number of piperidine rings is 1. The minimum atomic E-state index is -2.72. The minimum absolute atomic E-state index is 0.0172. The van der Waals surface area contributed by atoms with Gasteiger partial charge in [0.15, 0.2) is 5.65 Å². The molecule has 3 aromatic heterocycles. The van der Waals surface area contributed by atoms with Gasteiger partial charge >= 0.3 is 5.69 Å². The van der Waals surface area contributed by atoms with Crippen LogP contribution >= 0.6 is 0 Å². The summed E-state index contributed by atoms with van der Waals surface area (Å²) in [6.45, 7) is -1.96. The van der Waals surface area contributed by atoms with Crippen LogP contribution in [0.5, 0.6) is 0 Å². The summed E-state index contributed by atoms with van der Waals surface area (Å²) in [5, 5.41) is 3.98. The summed E-state index contributed by atoms with van der Waals surface area (Å²) in [7, 11) is 0. The molecule has 1 amide bonds. The summed E-state index contributed by atoms with van der Waals surface area (Å²) in [6.07, 6.45) is 3.26. The van der Waals surface area contributed by atoms with Gasteiger partial charge in [0.25, 0.3) is 11.8 Å². The van der Waals surface area contributed by atoms with E-state index in [1.54, 1.807) is 12.1 Å². The normalized spacial score (nSPS) is 25.5. The second kappa shape index (κ2) is 6.60. The van der Waals surface area contributed by atoms with Gasteiger partial charge < -0.3 is 9.80 Å². The SMILES string of the molecule is [2H]C([2H])([2H])n1nc2cc(N3C[C@H]4C[C@H]4c4cc(C(=O)N5CCC(F)(F)CC5)cnc43)ccn2c1=O. The van der Waals surface area contributed by atoms with Gasteiger partial charge in [-0.1, -0.05) is 0 Å². The first kappa shape index (κ1) is 16.3. The van der Waals surface area contributed by atoms with Crippen molar-refractivity contribution < 1.29 is 17.7 Å². The fourth-order valence-electron chi connectivity index (χ4n) is 4.82. The summed E-state index contributed by atoms with van der Waals surface area (Å²) in [6, 6.07) is 5.17. The van der Waals surface area contributed by atoms with E-state index < -0.39 is 18.6 Å². The van der Waals surface area contributed by atoms with Crippen LogP contribution in [0.1, 0.15) is 45.2 Å². The van der Waals surface area contributed by atoms with Crippen molar-refractivity contribution in [3.05, 3.63) is 52.2 Å². The quantitative estimate of drug-likeness (QED) is 0.609. The number of nitrogens with zero attached hydrogens (tertiary/aromatic N) is 6. The second-order valence-corrected chi connectivity index (χ2v) is 8.81. The highest BCUT2D eigenvalue weighted by molar-refractivity contribution is 5.94. The smallest absolute Gasteiger partial charge is 0.338 e. The molecule has 10 heteroatoms. The van der Waals surface area contributed by atoms with Crippen molar-refractivity contribution in [2.24, 2.45) is 12.9 Å². The van der Waals surface area contributed by atoms with Crippen molar-refractivity contribution in [2.45, 2.75) is 31.1 Å². The summed E-state index contributed by atoms with van der Waals surface area (Å²) < 4.78 is 51.2. The van der Waals surface area contributed by atoms with Gasteiger partial charge in [-0.3, -0.25) is 9.20 Å². The molecule has 0 bridgehead atoms. The van der Waals surface area contributed by atoms with E-state index in [1.807, 2.05) is 11.0 Å². The third-order valence-electron chi connectivity index (χ3n) is 6.74. The molecule has 3 aromatic rings. The fourth-order valence-corrected chi connectivity index (χ4v) is 4.82. The second-order valence-electron chi connectivity index (χ2n) is 8.81. The van der Waals surface area contributed by atoms with Crippen molar-refractivity contribution in [3.63, 3.8) is 0 Å². The molecule has 0 aromatic carbocycles. The maximum Gasteiger partial charge on any atom is 0.350 e. The van der Waals surface area contributed by atoms with Crippen LogP contribution in [0.25, 0.3) is 5.65 Å². The molecule has 8 nitrogen and oxygen atoms in total. The van der Waals surface area contributed by atoms with Crippen LogP contribution in [0.2, 0.25) is 0 Å². The van der Waals surface area contributed by atoms with Gasteiger partial charge in [0, 0.05) is 67.7 Å². The Bertz CT molecular complexity index is 1410. The molecule has 5 heterocycles. The fraction of sp³-hybridized carbons (Fsp3) is 0.455. The molecule has 2 fully saturated rings. The number of carbonyl (C=O) groups excluding carboxylic acids is 1. The molecule has 166 valence electrons. The monoisotopic (exact) mass is 443 g/mol. The van der Waals surface area contributed by atoms with E-state index >= 15 is 0 Å². The average molecular weight is 443 g/mol. The molecule has 0 unspecified atom stereocenters. The Morgan fingerprint density at radius 3 is 2.88 bits per heavy atom. The van der Waals surface area contributed by atoms with Crippen LogP contribution in [0.4, 0.5) is 20.3 Å². The van der Waals surface area contributed by atoms with Crippen molar-refractivity contribution in [3.8, 4) is 0 Å². The molecule has 32 heavy (non-hydrogen) atoms. The van der Waals surface area contributed by atoms with Crippen molar-refractivity contribution in [1.29, 1.82) is 0 Å². The molecule has 2 atom stereocenters. The molecule has 2 aliphatic heterocycles. The Morgan fingerprint density at radius 1 is 1.28 bits per heavy atom. The lowest BCUT2D eigenvalue weighted by atomic mass is 10.0. The number of aryl methyl sites for hydroxylation is 1. The standard InChI is InChI=1S/C22H22F2N6O2/c1-27-21(32)29-5-2-15(10-18(29)26-27)30-12-14-9-16(14)17-8-13(11-25-19(17)30)20(31)28-6-3-22(23,24)4-7-28/h2,5,8,10-11,14,16H,3-4,6-7,9,12H2,1H3/t14-,16-/m1/s1/i1D3. The molecule has 1 saturated heterocycles. The first-order chi connectivity index (χ1) is 16.5. The van der Waals surface area contributed by atoms with Gasteiger partial charge in [-0.25, -0.2) is 23.2 Å². The number of halogens is 2. The van der Waals surface area contributed by atoms with E-state index in [2.05, 4.69) is 10.1 Å². The number of hydrogen-bond acceptors (Lipinski definition) is 5. The van der Waals surface area contributed by atoms with Crippen LogP contribution < -0.4 is 10.6 Å². The molecule has 0 N–H and O–H groups in total. The van der Waals surface area contributed by atoms with Crippen LogP contribution in [-0.4, -0.2) is 55.5 Å². The zero-order chi connectivity index (χ0) is 24.7. The highest BCUT2D eigenvalue weighted by Crippen LogP contribution is 2.55. The topological polar surface area (TPSA) is 75.7 Å². The number of anilines is 2. The largest absolute Gasteiger partial charge is 0.350 e. The Labute approximate surface area is 186 Å². The summed E-state index contributed by atoms with van der Waals surface area (Å²) in [4.78, 5) is 33.4. The molecule has 0 radical (unpaired) electrons. The number of likely N-dealkylation sites (tertiary alicyclic amines) is 1. The summed E-state index contributed by atoms with van der Waals surface area (Å²) in [5.41, 5.74) is 1.48. The number of hydrogen-bond donors (Lipinski definition) is 0. The van der Waals surface area contributed by atoms with E-state index in [-0.39, 0.29) is 43.4 Å². The minimum Gasteiger partial charge on any atom is -0.338 e. The van der Waals surface area contributed by atoms with Crippen LogP contribution in [0.3, 0.4) is 0 Å². The third-order valence-corrected chi connectivity index (χ3v) is 6.74. The van der Waals surface area contributed by atoms with Crippen LogP contribution in [0.15, 0.2) is 35.4 Å². The van der Waals surface area contributed by atoms with E-state index in [4.69, 9.17) is 4.11 Å². The summed E-state index contributed by atoms with van der Waals surface area (Å²) >= 11 is 0. The van der Waals surface area contributed by atoms with Crippen molar-refractivity contribution in [2.75, 3.05) is 24.5 Å². The number of aromatic nitrogens is 4. The number of amides is 1. The van der Waals surface area contributed by atoms with Crippen LogP contribution in [0, 0.1) is 5.92 Å². The first-order valence-corrected chi connectivity index (χ1v) is 10.6. The van der Waals surface area contributed by atoms with Gasteiger partial charge in [0.05, 0.1) is 5.56 Å². The van der Waals surface area contributed by atoms with Gasteiger partial charge in [0.1, 0.15) is 5.82 Å². The lowest BCUT2D eigenvalue weighted by molar-refractivity contribution is -0.0494. The zero-order valence-corrected chi connectivity index (χ0v) is 17.0. The van der Waals surface area contributed by atoms with E-state index in [0.717, 1.165) is 12.0 Å². The Balaban J connectivity index is 1.33. The van der Waals surface area contributed by atoms with E-state index in [9.17, 15) is 18.4 Å². The molecular formula is C22H22F2N6O2. The van der Waals surface area contributed by atoms with E-state index in [1.165, 1.54) is 21.7 Å². The number of rotatable bonds is 2. The number of alkyl halides is 2. The maximum absolute atomic E-state index is 13.5. The molecule has 0 spiro atoms. The summed E-state index contributed by atoms with van der Waals surface area (Å²) in [5.74, 6) is -1.67. The third kappa shape index (κ3) is 3.00.